The Morgan fingerprint density at radius 1 is 1.30 bits per heavy atom. The van der Waals surface area contributed by atoms with Gasteiger partial charge in [-0.15, -0.1) is 0 Å². The predicted octanol–water partition coefficient (Wildman–Crippen LogP) is 1.53. The Bertz CT molecular complexity index is 826. The Morgan fingerprint density at radius 3 is 2.63 bits per heavy atom. The van der Waals surface area contributed by atoms with Crippen LogP contribution in [0.2, 0.25) is 0 Å². The van der Waals surface area contributed by atoms with Gasteiger partial charge in [0, 0.05) is 42.3 Å². The molecule has 0 radical (unpaired) electrons. The van der Waals surface area contributed by atoms with Gasteiger partial charge in [0.05, 0.1) is 6.42 Å². The Labute approximate surface area is 159 Å². The van der Waals surface area contributed by atoms with Gasteiger partial charge in [0.25, 0.3) is 5.56 Å². The summed E-state index contributed by atoms with van der Waals surface area (Å²) in [5.74, 6) is 1.18. The molecule has 0 spiro atoms. The van der Waals surface area contributed by atoms with Crippen LogP contribution in [0.3, 0.4) is 0 Å². The van der Waals surface area contributed by atoms with E-state index in [0.29, 0.717) is 23.0 Å². The molecule has 0 unspecified atom stereocenters. The number of hydrogen-bond donors (Lipinski definition) is 2. The zero-order chi connectivity index (χ0) is 19.2. The molecule has 27 heavy (non-hydrogen) atoms. The van der Waals surface area contributed by atoms with Gasteiger partial charge in [-0.2, -0.15) is 0 Å². The van der Waals surface area contributed by atoms with Crippen molar-refractivity contribution in [3.05, 3.63) is 46.1 Å². The molecule has 144 valence electrons. The second-order valence-electron chi connectivity index (χ2n) is 7.11. The number of carbonyl (C=O) groups excluding carboxylic acids is 1. The van der Waals surface area contributed by atoms with Gasteiger partial charge in [0.15, 0.2) is 0 Å². The van der Waals surface area contributed by atoms with E-state index in [1.807, 2.05) is 11.9 Å². The number of rotatable bonds is 6. The first-order valence-electron chi connectivity index (χ1n) is 9.51. The fourth-order valence-electron chi connectivity index (χ4n) is 3.55. The van der Waals surface area contributed by atoms with Gasteiger partial charge in [-0.25, -0.2) is 4.98 Å². The molecule has 0 aromatic carbocycles. The molecule has 7 heteroatoms. The molecular weight excluding hydrogens is 342 g/mol. The summed E-state index contributed by atoms with van der Waals surface area (Å²) >= 11 is 0. The number of pyridine rings is 1. The van der Waals surface area contributed by atoms with Crippen molar-refractivity contribution in [2.45, 2.75) is 32.6 Å². The lowest BCUT2D eigenvalue weighted by Gasteiger charge is -2.32. The fourth-order valence-corrected chi connectivity index (χ4v) is 3.55. The van der Waals surface area contributed by atoms with E-state index in [2.05, 4.69) is 20.3 Å². The van der Waals surface area contributed by atoms with Gasteiger partial charge < -0.3 is 15.2 Å². The highest BCUT2D eigenvalue weighted by Gasteiger charge is 2.24. The van der Waals surface area contributed by atoms with Gasteiger partial charge in [0.2, 0.25) is 5.91 Å². The van der Waals surface area contributed by atoms with Crippen molar-refractivity contribution in [2.75, 3.05) is 26.7 Å². The van der Waals surface area contributed by atoms with Crippen molar-refractivity contribution in [3.8, 4) is 11.4 Å². The van der Waals surface area contributed by atoms with Crippen LogP contribution in [0.5, 0.6) is 0 Å². The molecule has 1 aliphatic heterocycles. The summed E-state index contributed by atoms with van der Waals surface area (Å²) in [7, 11) is 1.96. The molecule has 7 nitrogen and oxygen atoms in total. The number of aromatic nitrogens is 3. The number of amides is 1. The van der Waals surface area contributed by atoms with E-state index in [1.165, 1.54) is 0 Å². The van der Waals surface area contributed by atoms with Gasteiger partial charge in [-0.1, -0.05) is 0 Å². The van der Waals surface area contributed by atoms with E-state index in [4.69, 9.17) is 0 Å². The average Bonchev–Trinajstić information content (AvgIpc) is 2.70. The van der Waals surface area contributed by atoms with Crippen LogP contribution in [0.1, 0.15) is 30.5 Å². The summed E-state index contributed by atoms with van der Waals surface area (Å²) < 4.78 is 0. The Balaban J connectivity index is 1.66. The number of H-pyrrole nitrogens is 1. The molecule has 1 aliphatic rings. The molecule has 2 N–H and O–H groups in total. The van der Waals surface area contributed by atoms with E-state index in [1.54, 1.807) is 31.5 Å². The van der Waals surface area contributed by atoms with Crippen LogP contribution in [-0.2, 0) is 11.2 Å². The highest BCUT2D eigenvalue weighted by molar-refractivity contribution is 5.79. The summed E-state index contributed by atoms with van der Waals surface area (Å²) in [5, 5.41) is 3.18. The number of aryl methyl sites for hydroxylation is 1. The Morgan fingerprint density at radius 2 is 2.00 bits per heavy atom. The maximum atomic E-state index is 12.7. The quantitative estimate of drug-likeness (QED) is 0.806. The second-order valence-corrected chi connectivity index (χ2v) is 7.11. The number of likely N-dealkylation sites (tertiary alicyclic amines) is 1. The maximum Gasteiger partial charge on any atom is 0.255 e. The molecule has 0 aliphatic carbocycles. The van der Waals surface area contributed by atoms with Crippen LogP contribution >= 0.6 is 0 Å². The minimum atomic E-state index is -0.244. The van der Waals surface area contributed by atoms with Crippen LogP contribution in [0.15, 0.2) is 29.3 Å². The lowest BCUT2D eigenvalue weighted by Crippen LogP contribution is -2.40. The van der Waals surface area contributed by atoms with Crippen molar-refractivity contribution >= 4 is 5.91 Å². The minimum absolute atomic E-state index is 0.00845. The Hall–Kier alpha value is -2.54. The summed E-state index contributed by atoms with van der Waals surface area (Å²) in [6.45, 7) is 4.34. The number of nitrogens with zero attached hydrogens (tertiary/aromatic N) is 3. The zero-order valence-electron chi connectivity index (χ0n) is 16.0. The monoisotopic (exact) mass is 369 g/mol. The lowest BCUT2D eigenvalue weighted by molar-refractivity contribution is -0.131. The molecule has 3 heterocycles. The van der Waals surface area contributed by atoms with Gasteiger partial charge in [-0.05, 0) is 57.8 Å². The molecule has 1 amide bonds. The molecule has 0 atom stereocenters. The predicted molar refractivity (Wildman–Crippen MR) is 104 cm³/mol. The normalized spacial score (nSPS) is 15.1. The number of piperidine rings is 1. The molecule has 2 aromatic rings. The van der Waals surface area contributed by atoms with E-state index < -0.39 is 0 Å². The van der Waals surface area contributed by atoms with Crippen molar-refractivity contribution in [3.63, 3.8) is 0 Å². The first kappa shape index (κ1) is 19.2. The highest BCUT2D eigenvalue weighted by Crippen LogP contribution is 2.21. The van der Waals surface area contributed by atoms with Crippen molar-refractivity contribution in [1.82, 2.24) is 25.2 Å². The smallest absolute Gasteiger partial charge is 0.255 e. The molecule has 1 fully saturated rings. The number of hydrogen-bond acceptors (Lipinski definition) is 5. The summed E-state index contributed by atoms with van der Waals surface area (Å²) in [5.41, 5.74) is 1.61. The minimum Gasteiger partial charge on any atom is -0.342 e. The summed E-state index contributed by atoms with van der Waals surface area (Å²) in [6, 6.07) is 3.58. The van der Waals surface area contributed by atoms with Gasteiger partial charge >= 0.3 is 0 Å². The maximum absolute atomic E-state index is 12.7. The molecular formula is C20H27N5O2. The van der Waals surface area contributed by atoms with Crippen LogP contribution in [0, 0.1) is 12.8 Å². The van der Waals surface area contributed by atoms with E-state index in [0.717, 1.165) is 44.5 Å². The van der Waals surface area contributed by atoms with E-state index in [-0.39, 0.29) is 17.9 Å². The molecule has 0 saturated carbocycles. The number of nitrogens with one attached hydrogen (secondary N) is 2. The first-order chi connectivity index (χ1) is 13.1. The van der Waals surface area contributed by atoms with Gasteiger partial charge in [-0.3, -0.25) is 14.6 Å². The third kappa shape index (κ3) is 4.80. The highest BCUT2D eigenvalue weighted by atomic mass is 16.2. The van der Waals surface area contributed by atoms with Crippen LogP contribution < -0.4 is 10.9 Å². The number of aromatic amines is 1. The molecule has 2 aromatic heterocycles. The van der Waals surface area contributed by atoms with E-state index in [9.17, 15) is 9.59 Å². The van der Waals surface area contributed by atoms with Crippen LogP contribution in [-0.4, -0.2) is 52.4 Å². The topological polar surface area (TPSA) is 91.0 Å². The first-order valence-corrected chi connectivity index (χ1v) is 9.51. The van der Waals surface area contributed by atoms with Gasteiger partial charge in [0.1, 0.15) is 5.82 Å². The third-order valence-electron chi connectivity index (χ3n) is 5.27. The average molecular weight is 369 g/mol. The zero-order valence-corrected chi connectivity index (χ0v) is 16.0. The van der Waals surface area contributed by atoms with Crippen molar-refractivity contribution in [2.24, 2.45) is 5.92 Å². The van der Waals surface area contributed by atoms with Crippen LogP contribution in [0.4, 0.5) is 0 Å². The molecule has 0 bridgehead atoms. The second kappa shape index (κ2) is 8.90. The molecule has 3 rings (SSSR count). The van der Waals surface area contributed by atoms with Crippen molar-refractivity contribution < 1.29 is 4.79 Å². The largest absolute Gasteiger partial charge is 0.342 e. The SMILES string of the molecule is CNCCC1CCN(C(=O)Cc2c(C)nc(-c3ccncc3)[nH]c2=O)CC1. The van der Waals surface area contributed by atoms with Crippen LogP contribution in [0.25, 0.3) is 11.4 Å². The summed E-state index contributed by atoms with van der Waals surface area (Å²) in [4.78, 5) is 38.3. The standard InChI is InChI=1S/C20H27N5O2/c1-14-17(20(27)24-19(23-14)16-4-9-22-10-5-16)13-18(26)25-11-6-15(7-12-25)3-8-21-2/h4-5,9-10,15,21H,3,6-8,11-13H2,1-2H3,(H,23,24,27). The van der Waals surface area contributed by atoms with Crippen molar-refractivity contribution in [1.29, 1.82) is 0 Å². The Kier molecular flexibility index (Phi) is 6.34. The summed E-state index contributed by atoms with van der Waals surface area (Å²) in [6.07, 6.45) is 6.62. The third-order valence-corrected chi connectivity index (χ3v) is 5.27. The molecule has 1 saturated heterocycles. The lowest BCUT2D eigenvalue weighted by atomic mass is 9.93. The number of carbonyl (C=O) groups is 1. The fraction of sp³-hybridized carbons (Fsp3) is 0.500. The van der Waals surface area contributed by atoms with E-state index >= 15 is 0 Å².